The fraction of sp³-hybridized carbons (Fsp3) is 0.538. The fourth-order valence-electron chi connectivity index (χ4n) is 1.41. The van der Waals surface area contributed by atoms with Crippen molar-refractivity contribution in [1.82, 2.24) is 9.62 Å². The maximum atomic E-state index is 11.5. The monoisotopic (exact) mass is 286 g/mol. The Balaban J connectivity index is 2.24. The van der Waals surface area contributed by atoms with E-state index in [1.807, 2.05) is 37.3 Å². The molecule has 0 fully saturated rings. The highest BCUT2D eigenvalue weighted by Crippen LogP contribution is 2.08. The van der Waals surface area contributed by atoms with Crippen LogP contribution in [0.1, 0.15) is 6.92 Å². The largest absolute Gasteiger partial charge is 0.492 e. The van der Waals surface area contributed by atoms with E-state index in [2.05, 4.69) is 5.32 Å². The second-order valence-corrected chi connectivity index (χ2v) is 6.88. The smallest absolute Gasteiger partial charge is 0.214 e. The Hall–Kier alpha value is -1.11. The molecule has 0 spiro atoms. The molecule has 0 amide bonds. The molecule has 19 heavy (non-hydrogen) atoms. The molecule has 5 nitrogen and oxygen atoms in total. The van der Waals surface area contributed by atoms with Crippen LogP contribution < -0.4 is 10.1 Å². The van der Waals surface area contributed by atoms with Gasteiger partial charge in [-0.05, 0) is 19.1 Å². The molecule has 1 unspecified atom stereocenters. The number of sulfonamides is 1. The van der Waals surface area contributed by atoms with Gasteiger partial charge in [0.2, 0.25) is 10.0 Å². The molecule has 1 aromatic carbocycles. The summed E-state index contributed by atoms with van der Waals surface area (Å²) in [4.78, 5) is 0. The maximum absolute atomic E-state index is 11.5. The third-order valence-electron chi connectivity index (χ3n) is 2.65. The average Bonchev–Trinajstić information content (AvgIpc) is 2.37. The van der Waals surface area contributed by atoms with Crippen molar-refractivity contribution in [3.8, 4) is 5.75 Å². The van der Waals surface area contributed by atoms with Gasteiger partial charge in [0.25, 0.3) is 0 Å². The summed E-state index contributed by atoms with van der Waals surface area (Å²) in [7, 11) is -0.0530. The van der Waals surface area contributed by atoms with Crippen LogP contribution in [0.25, 0.3) is 0 Å². The standard InChI is InChI=1S/C13H22N2O3S/c1-12(11-18-13-7-5-4-6-8-13)14-9-10-19(16,17)15(2)3/h4-8,12,14H,9-11H2,1-3H3. The maximum Gasteiger partial charge on any atom is 0.214 e. The lowest BCUT2D eigenvalue weighted by molar-refractivity contribution is 0.275. The molecule has 0 heterocycles. The third kappa shape index (κ3) is 6.04. The van der Waals surface area contributed by atoms with E-state index < -0.39 is 10.0 Å². The van der Waals surface area contributed by atoms with Crippen LogP contribution in [0.3, 0.4) is 0 Å². The van der Waals surface area contributed by atoms with Crippen LogP contribution in [0.15, 0.2) is 30.3 Å². The van der Waals surface area contributed by atoms with Gasteiger partial charge < -0.3 is 10.1 Å². The zero-order valence-corrected chi connectivity index (χ0v) is 12.5. The van der Waals surface area contributed by atoms with Crippen LogP contribution >= 0.6 is 0 Å². The molecular weight excluding hydrogens is 264 g/mol. The van der Waals surface area contributed by atoms with Gasteiger partial charge in [0, 0.05) is 26.7 Å². The number of ether oxygens (including phenoxy) is 1. The van der Waals surface area contributed by atoms with Gasteiger partial charge in [-0.3, -0.25) is 0 Å². The third-order valence-corrected chi connectivity index (χ3v) is 4.49. The van der Waals surface area contributed by atoms with Gasteiger partial charge in [-0.2, -0.15) is 0 Å². The van der Waals surface area contributed by atoms with Crippen molar-refractivity contribution in [1.29, 1.82) is 0 Å². The minimum atomic E-state index is -3.13. The van der Waals surface area contributed by atoms with E-state index in [1.54, 1.807) is 0 Å². The van der Waals surface area contributed by atoms with Crippen molar-refractivity contribution in [2.45, 2.75) is 13.0 Å². The van der Waals surface area contributed by atoms with Gasteiger partial charge in [-0.25, -0.2) is 12.7 Å². The highest BCUT2D eigenvalue weighted by molar-refractivity contribution is 7.89. The molecule has 6 heteroatoms. The predicted molar refractivity (Wildman–Crippen MR) is 76.9 cm³/mol. The van der Waals surface area contributed by atoms with E-state index in [0.29, 0.717) is 13.2 Å². The van der Waals surface area contributed by atoms with Gasteiger partial charge >= 0.3 is 0 Å². The van der Waals surface area contributed by atoms with Gasteiger partial charge in [0.05, 0.1) is 5.75 Å². The van der Waals surface area contributed by atoms with Gasteiger partial charge in [-0.1, -0.05) is 18.2 Å². The zero-order chi connectivity index (χ0) is 14.3. The molecule has 0 saturated heterocycles. The molecule has 0 aliphatic carbocycles. The Kier molecular flexibility index (Phi) is 6.27. The number of hydrogen-bond acceptors (Lipinski definition) is 4. The summed E-state index contributed by atoms with van der Waals surface area (Å²) in [6.07, 6.45) is 0. The summed E-state index contributed by atoms with van der Waals surface area (Å²) in [6.45, 7) is 2.89. The lowest BCUT2D eigenvalue weighted by atomic mass is 10.3. The number of nitrogens with zero attached hydrogens (tertiary/aromatic N) is 1. The molecule has 0 saturated carbocycles. The molecule has 1 aromatic rings. The summed E-state index contributed by atoms with van der Waals surface area (Å²) in [5, 5.41) is 3.13. The Morgan fingerprint density at radius 1 is 1.26 bits per heavy atom. The molecule has 1 N–H and O–H groups in total. The first-order valence-corrected chi connectivity index (χ1v) is 7.84. The Morgan fingerprint density at radius 2 is 1.89 bits per heavy atom. The minimum absolute atomic E-state index is 0.0929. The Morgan fingerprint density at radius 3 is 2.47 bits per heavy atom. The quantitative estimate of drug-likeness (QED) is 0.772. The first-order chi connectivity index (χ1) is 8.92. The van der Waals surface area contributed by atoms with Gasteiger partial charge in [-0.15, -0.1) is 0 Å². The predicted octanol–water partition coefficient (Wildman–Crippen LogP) is 0.935. The second kappa shape index (κ2) is 7.47. The summed E-state index contributed by atoms with van der Waals surface area (Å²) in [6, 6.07) is 9.64. The molecule has 0 aromatic heterocycles. The fourth-order valence-corrected chi connectivity index (χ4v) is 2.15. The number of para-hydroxylation sites is 1. The molecule has 0 aliphatic heterocycles. The van der Waals surface area contributed by atoms with E-state index in [1.165, 1.54) is 18.4 Å². The van der Waals surface area contributed by atoms with E-state index in [4.69, 9.17) is 4.74 Å². The molecule has 108 valence electrons. The summed E-state index contributed by atoms with van der Waals surface area (Å²) < 4.78 is 29.9. The first-order valence-electron chi connectivity index (χ1n) is 6.23. The average molecular weight is 286 g/mol. The van der Waals surface area contributed by atoms with Crippen LogP contribution in [-0.4, -0.2) is 51.8 Å². The van der Waals surface area contributed by atoms with E-state index in [-0.39, 0.29) is 11.8 Å². The molecule has 1 rings (SSSR count). The van der Waals surface area contributed by atoms with Crippen LogP contribution in [0.2, 0.25) is 0 Å². The molecule has 0 bridgehead atoms. The number of hydrogen-bond donors (Lipinski definition) is 1. The van der Waals surface area contributed by atoms with Crippen LogP contribution in [0, 0.1) is 0 Å². The minimum Gasteiger partial charge on any atom is -0.492 e. The summed E-state index contributed by atoms with van der Waals surface area (Å²) in [5.41, 5.74) is 0. The summed E-state index contributed by atoms with van der Waals surface area (Å²) in [5.74, 6) is 0.910. The number of rotatable bonds is 8. The van der Waals surface area contributed by atoms with Crippen LogP contribution in [0.5, 0.6) is 5.75 Å². The van der Waals surface area contributed by atoms with Gasteiger partial charge in [0.15, 0.2) is 0 Å². The van der Waals surface area contributed by atoms with Crippen molar-refractivity contribution in [3.63, 3.8) is 0 Å². The molecule has 1 atom stereocenters. The van der Waals surface area contributed by atoms with Crippen molar-refractivity contribution < 1.29 is 13.2 Å². The van der Waals surface area contributed by atoms with Crippen molar-refractivity contribution in [2.24, 2.45) is 0 Å². The normalized spacial score (nSPS) is 13.5. The Bertz CT molecular complexity index is 460. The highest BCUT2D eigenvalue weighted by Gasteiger charge is 2.13. The summed E-state index contributed by atoms with van der Waals surface area (Å²) >= 11 is 0. The number of nitrogens with one attached hydrogen (secondary N) is 1. The Labute approximate surface area is 115 Å². The molecule has 0 radical (unpaired) electrons. The lowest BCUT2D eigenvalue weighted by Crippen LogP contribution is -2.37. The van der Waals surface area contributed by atoms with Crippen molar-refractivity contribution in [2.75, 3.05) is 33.0 Å². The van der Waals surface area contributed by atoms with Crippen LogP contribution in [0.4, 0.5) is 0 Å². The highest BCUT2D eigenvalue weighted by atomic mass is 32.2. The molecular formula is C13H22N2O3S. The van der Waals surface area contributed by atoms with Gasteiger partial charge in [0.1, 0.15) is 12.4 Å². The zero-order valence-electron chi connectivity index (χ0n) is 11.7. The van der Waals surface area contributed by atoms with Crippen molar-refractivity contribution in [3.05, 3.63) is 30.3 Å². The van der Waals surface area contributed by atoms with Crippen LogP contribution in [-0.2, 0) is 10.0 Å². The van der Waals surface area contributed by atoms with E-state index in [0.717, 1.165) is 5.75 Å². The molecule has 0 aliphatic rings. The van der Waals surface area contributed by atoms with Crippen molar-refractivity contribution >= 4 is 10.0 Å². The van der Waals surface area contributed by atoms with E-state index in [9.17, 15) is 8.42 Å². The first kappa shape index (κ1) is 15.9. The second-order valence-electron chi connectivity index (χ2n) is 4.58. The lowest BCUT2D eigenvalue weighted by Gasteiger charge is -2.16. The topological polar surface area (TPSA) is 58.6 Å². The SMILES string of the molecule is CC(COc1ccccc1)NCCS(=O)(=O)N(C)C. The van der Waals surface area contributed by atoms with E-state index >= 15 is 0 Å². The number of benzene rings is 1.